The molecule has 1 fully saturated rings. The second kappa shape index (κ2) is 8.43. The van der Waals surface area contributed by atoms with Crippen molar-refractivity contribution < 1.29 is 34.9 Å². The molecule has 0 saturated carbocycles. The third-order valence-electron chi connectivity index (χ3n) is 5.17. The fourth-order valence-corrected chi connectivity index (χ4v) is 3.60. The maximum Gasteiger partial charge on any atom is 0.330 e. The Morgan fingerprint density at radius 3 is 2.72 bits per heavy atom. The quantitative estimate of drug-likeness (QED) is 0.663. The van der Waals surface area contributed by atoms with Gasteiger partial charge in [0.1, 0.15) is 6.02 Å². The van der Waals surface area contributed by atoms with Crippen LogP contribution in [0.15, 0.2) is 42.5 Å². The minimum atomic E-state index is -3.98. The van der Waals surface area contributed by atoms with E-state index >= 15 is 0 Å². The Bertz CT molecular complexity index is 1330. The van der Waals surface area contributed by atoms with E-state index in [1.54, 1.807) is 0 Å². The zero-order valence-corrected chi connectivity index (χ0v) is 17.2. The Hall–Kier alpha value is -3.13. The van der Waals surface area contributed by atoms with Gasteiger partial charge in [0.25, 0.3) is 5.91 Å². The largest absolute Gasteiger partial charge is 0.330 e. The third-order valence-corrected chi connectivity index (χ3v) is 5.43. The van der Waals surface area contributed by atoms with Gasteiger partial charge >= 0.3 is 5.92 Å². The number of benzene rings is 2. The van der Waals surface area contributed by atoms with Gasteiger partial charge in [0, 0.05) is 39.6 Å². The normalized spacial score (nSPS) is 26.2. The summed E-state index contributed by atoms with van der Waals surface area (Å²) in [5, 5.41) is 0.0785. The Morgan fingerprint density at radius 1 is 1.28 bits per heavy atom. The van der Waals surface area contributed by atoms with E-state index in [2.05, 4.69) is 0 Å². The van der Waals surface area contributed by atoms with Crippen molar-refractivity contribution in [2.24, 2.45) is 0 Å². The highest BCUT2D eigenvalue weighted by Gasteiger charge is 2.41. The summed E-state index contributed by atoms with van der Waals surface area (Å²) in [6, 6.07) is 5.46. The van der Waals surface area contributed by atoms with E-state index in [9.17, 15) is 28.0 Å². The molecule has 0 spiro atoms. The van der Waals surface area contributed by atoms with Crippen LogP contribution in [0.25, 0.3) is 0 Å². The zero-order valence-electron chi connectivity index (χ0n) is 21.4. The minimum Gasteiger partial charge on any atom is -0.322 e. The van der Waals surface area contributed by atoms with Crippen LogP contribution < -0.4 is 5.31 Å². The molecule has 9 heteroatoms. The Labute approximate surface area is 194 Å². The van der Waals surface area contributed by atoms with Gasteiger partial charge in [-0.25, -0.2) is 0 Å². The van der Waals surface area contributed by atoms with Gasteiger partial charge in [-0.3, -0.25) is 24.5 Å². The first-order valence-corrected chi connectivity index (χ1v) is 9.89. The number of hydrogen-bond donors (Lipinski definition) is 1. The van der Waals surface area contributed by atoms with Crippen molar-refractivity contribution >= 4 is 35.1 Å². The van der Waals surface area contributed by atoms with Crippen molar-refractivity contribution in [2.45, 2.75) is 44.1 Å². The first-order valence-electron chi connectivity index (χ1n) is 12.0. The number of fused-ring (bicyclic) bond motifs is 1. The number of carbonyl (C=O) groups is 4. The van der Waals surface area contributed by atoms with E-state index in [4.69, 9.17) is 18.5 Å². The average molecular weight is 466 g/mol. The SMILES string of the molecule is [2H]C1CC([2H])(N2Cc3cc(C([2H])([2H])CC(=O)C(F)(F)c4ccc(Cl)cc4)ccc3C2=O)C(=O)N([2H])C1=O. The van der Waals surface area contributed by atoms with Crippen molar-refractivity contribution in [3.05, 3.63) is 69.7 Å². The lowest BCUT2D eigenvalue weighted by Crippen LogP contribution is -2.52. The van der Waals surface area contributed by atoms with Crippen LogP contribution in [0.3, 0.4) is 0 Å². The highest BCUT2D eigenvalue weighted by atomic mass is 35.5. The Morgan fingerprint density at radius 2 is 2.00 bits per heavy atom. The monoisotopic (exact) mass is 465 g/mol. The number of imide groups is 1. The summed E-state index contributed by atoms with van der Waals surface area (Å²) in [5.41, 5.74) is -0.643. The highest BCUT2D eigenvalue weighted by Crippen LogP contribution is 2.32. The molecule has 0 aromatic heterocycles. The molecule has 1 N–H and O–H groups in total. The first kappa shape index (κ1) is 16.5. The number of ketones is 1. The first-order chi connectivity index (χ1) is 17.1. The lowest BCUT2D eigenvalue weighted by atomic mass is 9.97. The number of nitrogens with one attached hydrogen (secondary N) is 1. The number of halogens is 3. The molecule has 0 aliphatic carbocycles. The summed E-state index contributed by atoms with van der Waals surface area (Å²) < 4.78 is 69.9. The van der Waals surface area contributed by atoms with Crippen molar-refractivity contribution in [1.29, 1.82) is 0 Å². The molecule has 2 aromatic rings. The van der Waals surface area contributed by atoms with Crippen LogP contribution in [0.2, 0.25) is 6.43 Å². The molecule has 166 valence electrons. The Kier molecular flexibility index (Phi) is 4.34. The van der Waals surface area contributed by atoms with E-state index < -0.39 is 66.6 Å². The highest BCUT2D eigenvalue weighted by molar-refractivity contribution is 6.30. The fraction of sp³-hybridized carbons (Fsp3) is 0.304. The number of nitrogens with zero attached hydrogens (tertiary/aromatic N) is 1. The predicted octanol–water partition coefficient (Wildman–Crippen LogP) is 3.39. The molecule has 6 nitrogen and oxygen atoms in total. The van der Waals surface area contributed by atoms with Crippen LogP contribution >= 0.6 is 11.6 Å². The van der Waals surface area contributed by atoms with Gasteiger partial charge in [0.05, 0.1) is 1.37 Å². The van der Waals surface area contributed by atoms with Crippen LogP contribution in [0.5, 0.6) is 0 Å². The van der Waals surface area contributed by atoms with Gasteiger partial charge in [-0.15, -0.1) is 0 Å². The lowest BCUT2D eigenvalue weighted by Gasteiger charge is -2.29. The second-order valence-corrected chi connectivity index (χ2v) is 7.67. The average Bonchev–Trinajstić information content (AvgIpc) is 3.18. The summed E-state index contributed by atoms with van der Waals surface area (Å²) >= 11 is 5.70. The van der Waals surface area contributed by atoms with Crippen LogP contribution in [0.4, 0.5) is 8.78 Å². The number of Topliss-reactive ketones (excluding diaryl/α,β-unsaturated/α-hetero) is 1. The molecule has 32 heavy (non-hydrogen) atoms. The van der Waals surface area contributed by atoms with Crippen molar-refractivity contribution in [1.82, 2.24) is 10.2 Å². The number of hydrogen-bond acceptors (Lipinski definition) is 4. The smallest absolute Gasteiger partial charge is 0.322 e. The van der Waals surface area contributed by atoms with Crippen molar-refractivity contribution in [2.75, 3.05) is 0 Å². The standard InChI is InChI=1S/C23H19ClF2N2O4/c24-16-5-3-15(4-6-16)23(25,26)19(29)9-2-13-1-7-17-14(11-13)12-28(22(17)32)18-8-10-20(30)27-21(18)31/h1,3-7,11,18H,2,8-10,12H2,(H,27,30,31)/i2D2,10D,18D/hD. The molecule has 2 unspecified atom stereocenters. The molecule has 4 rings (SSSR count). The van der Waals surface area contributed by atoms with E-state index in [-0.39, 0.29) is 33.6 Å². The zero-order chi connectivity index (χ0) is 27.5. The van der Waals surface area contributed by atoms with Crippen LogP contribution in [0.1, 0.15) is 51.8 Å². The van der Waals surface area contributed by atoms with Gasteiger partial charge in [-0.05, 0) is 42.1 Å². The third kappa shape index (κ3) is 4.14. The number of carbonyl (C=O) groups excluding carboxylic acids is 4. The maximum atomic E-state index is 14.7. The molecule has 1 saturated heterocycles. The number of rotatable bonds is 6. The maximum absolute atomic E-state index is 14.7. The fourth-order valence-electron chi connectivity index (χ4n) is 3.47. The number of amides is 3. The van der Waals surface area contributed by atoms with Crippen molar-refractivity contribution in [3.8, 4) is 0 Å². The predicted molar refractivity (Wildman–Crippen MR) is 111 cm³/mol. The second-order valence-electron chi connectivity index (χ2n) is 7.23. The molecule has 0 bridgehead atoms. The van der Waals surface area contributed by atoms with Crippen molar-refractivity contribution in [3.63, 3.8) is 0 Å². The summed E-state index contributed by atoms with van der Waals surface area (Å²) in [6.07, 6.45) is -6.01. The number of piperidine rings is 1. The molecular formula is C23H19ClF2N2O4. The van der Waals surface area contributed by atoms with Crippen LogP contribution in [-0.4, -0.2) is 34.4 Å². The molecule has 3 amide bonds. The summed E-state index contributed by atoms with van der Waals surface area (Å²) in [5.74, 6) is -8.86. The number of aryl methyl sites for hydroxylation is 1. The van der Waals surface area contributed by atoms with E-state index in [1.807, 2.05) is 0 Å². The molecule has 2 atom stereocenters. The summed E-state index contributed by atoms with van der Waals surface area (Å²) in [7, 11) is 0. The topological polar surface area (TPSA) is 83.6 Å². The van der Waals surface area contributed by atoms with Gasteiger partial charge < -0.3 is 4.90 Å². The molecule has 2 aromatic carbocycles. The molecular weight excluding hydrogens is 442 g/mol. The minimum absolute atomic E-state index is 0.00626. The summed E-state index contributed by atoms with van der Waals surface area (Å²) in [4.78, 5) is 50.5. The molecule has 2 heterocycles. The molecule has 2 aliphatic rings. The van der Waals surface area contributed by atoms with Crippen LogP contribution in [-0.2, 0) is 33.2 Å². The van der Waals surface area contributed by atoms with E-state index in [1.165, 1.54) is 24.3 Å². The van der Waals surface area contributed by atoms with Gasteiger partial charge in [-0.1, -0.05) is 35.9 Å². The molecule has 2 aliphatic heterocycles. The lowest BCUT2D eigenvalue weighted by molar-refractivity contribution is -0.144. The van der Waals surface area contributed by atoms with Gasteiger partial charge in [0.2, 0.25) is 17.6 Å². The van der Waals surface area contributed by atoms with Crippen LogP contribution in [0, 0.1) is 0 Å². The van der Waals surface area contributed by atoms with Gasteiger partial charge in [-0.2, -0.15) is 8.78 Å². The molecule has 0 radical (unpaired) electrons. The summed E-state index contributed by atoms with van der Waals surface area (Å²) in [6.45, 7) is -0.378. The van der Waals surface area contributed by atoms with E-state index in [0.717, 1.165) is 23.1 Å². The van der Waals surface area contributed by atoms with E-state index in [0.29, 0.717) is 0 Å². The number of alkyl halides is 2. The van der Waals surface area contributed by atoms with Gasteiger partial charge in [0.15, 0.2) is 1.41 Å². The Balaban J connectivity index is 1.58.